The first-order valence-corrected chi connectivity index (χ1v) is 8.30. The molecule has 1 aromatic rings. The first-order chi connectivity index (χ1) is 10.9. The van der Waals surface area contributed by atoms with Gasteiger partial charge in [0.05, 0.1) is 0 Å². The molecule has 0 heteroatoms. The van der Waals surface area contributed by atoms with E-state index in [1.807, 2.05) is 36.4 Å². The smallest absolute Gasteiger partial charge is 0.0249 e. The molecule has 1 aromatic carbocycles. The summed E-state index contributed by atoms with van der Waals surface area (Å²) in [5.74, 6) is 12.4. The van der Waals surface area contributed by atoms with Gasteiger partial charge in [0.2, 0.25) is 0 Å². The first kappa shape index (κ1) is 17.9. The SMILES string of the molecule is CCCC/C=C/C#Cc1ccc(C#C/C=C/CCCC)cc1. The van der Waals surface area contributed by atoms with Crippen molar-refractivity contribution < 1.29 is 0 Å². The van der Waals surface area contributed by atoms with Crippen molar-refractivity contribution in [1.29, 1.82) is 0 Å². The van der Waals surface area contributed by atoms with Gasteiger partial charge in [0.25, 0.3) is 0 Å². The average Bonchev–Trinajstić information content (AvgIpc) is 2.55. The first-order valence-electron chi connectivity index (χ1n) is 8.30. The van der Waals surface area contributed by atoms with Crippen molar-refractivity contribution in [2.24, 2.45) is 0 Å². The van der Waals surface area contributed by atoms with Crippen LogP contribution < -0.4 is 0 Å². The Labute approximate surface area is 136 Å². The number of unbranched alkanes of at least 4 members (excludes halogenated alkanes) is 4. The summed E-state index contributed by atoms with van der Waals surface area (Å²) in [6.07, 6.45) is 15.3. The highest BCUT2D eigenvalue weighted by Gasteiger charge is 1.87. The van der Waals surface area contributed by atoms with Gasteiger partial charge in [0.1, 0.15) is 0 Å². The molecule has 0 unspecified atom stereocenters. The van der Waals surface area contributed by atoms with Gasteiger partial charge in [-0.05, 0) is 49.3 Å². The second-order valence-corrected chi connectivity index (χ2v) is 5.21. The molecule has 22 heavy (non-hydrogen) atoms. The van der Waals surface area contributed by atoms with Crippen molar-refractivity contribution in [2.75, 3.05) is 0 Å². The van der Waals surface area contributed by atoms with Gasteiger partial charge in [0.15, 0.2) is 0 Å². The summed E-state index contributed by atoms with van der Waals surface area (Å²) in [6.45, 7) is 4.40. The highest BCUT2D eigenvalue weighted by atomic mass is 13.9. The monoisotopic (exact) mass is 290 g/mol. The van der Waals surface area contributed by atoms with Crippen LogP contribution in [0.15, 0.2) is 48.6 Å². The van der Waals surface area contributed by atoms with Crippen LogP contribution in [0, 0.1) is 23.7 Å². The van der Waals surface area contributed by atoms with Gasteiger partial charge >= 0.3 is 0 Å². The molecule has 0 spiro atoms. The van der Waals surface area contributed by atoms with Crippen molar-refractivity contribution in [3.05, 3.63) is 59.7 Å². The Morgan fingerprint density at radius 3 is 1.50 bits per heavy atom. The summed E-state index contributed by atoms with van der Waals surface area (Å²) < 4.78 is 0. The molecule has 0 fully saturated rings. The van der Waals surface area contributed by atoms with E-state index in [4.69, 9.17) is 0 Å². The summed E-state index contributed by atoms with van der Waals surface area (Å²) in [6, 6.07) is 8.10. The maximum Gasteiger partial charge on any atom is 0.0249 e. The Morgan fingerprint density at radius 1 is 0.727 bits per heavy atom. The Kier molecular flexibility index (Phi) is 10.2. The summed E-state index contributed by atoms with van der Waals surface area (Å²) in [7, 11) is 0. The van der Waals surface area contributed by atoms with Crippen LogP contribution in [0.3, 0.4) is 0 Å². The van der Waals surface area contributed by atoms with E-state index in [0.717, 1.165) is 24.0 Å². The molecular weight excluding hydrogens is 264 g/mol. The Bertz CT molecular complexity index is 522. The molecule has 0 aliphatic heterocycles. The van der Waals surface area contributed by atoms with Crippen LogP contribution in [0.4, 0.5) is 0 Å². The van der Waals surface area contributed by atoms with Crippen molar-refractivity contribution in [3.8, 4) is 23.7 Å². The lowest BCUT2D eigenvalue weighted by molar-refractivity contribution is 0.815. The van der Waals surface area contributed by atoms with Gasteiger partial charge in [-0.3, -0.25) is 0 Å². The summed E-state index contributed by atoms with van der Waals surface area (Å²) in [5.41, 5.74) is 2.06. The number of benzene rings is 1. The molecule has 0 bridgehead atoms. The van der Waals surface area contributed by atoms with Crippen LogP contribution in [0.5, 0.6) is 0 Å². The Hall–Kier alpha value is -2.18. The van der Waals surface area contributed by atoms with Crippen LogP contribution in [0.2, 0.25) is 0 Å². The molecule has 114 valence electrons. The lowest BCUT2D eigenvalue weighted by Crippen LogP contribution is -1.76. The molecule has 0 saturated carbocycles. The second-order valence-electron chi connectivity index (χ2n) is 5.21. The highest BCUT2D eigenvalue weighted by molar-refractivity contribution is 5.43. The Balaban J connectivity index is 2.46. The van der Waals surface area contributed by atoms with Gasteiger partial charge in [-0.15, -0.1) is 0 Å². The van der Waals surface area contributed by atoms with Crippen LogP contribution >= 0.6 is 0 Å². The minimum atomic E-state index is 1.03. The summed E-state index contributed by atoms with van der Waals surface area (Å²) in [4.78, 5) is 0. The predicted octanol–water partition coefficient (Wildman–Crippen LogP) is 5.88. The second kappa shape index (κ2) is 12.6. The van der Waals surface area contributed by atoms with Gasteiger partial charge < -0.3 is 0 Å². The van der Waals surface area contributed by atoms with E-state index in [1.54, 1.807) is 0 Å². The van der Waals surface area contributed by atoms with Crippen molar-refractivity contribution in [1.82, 2.24) is 0 Å². The van der Waals surface area contributed by atoms with Crippen molar-refractivity contribution in [3.63, 3.8) is 0 Å². The zero-order valence-electron chi connectivity index (χ0n) is 13.9. The van der Waals surface area contributed by atoms with Gasteiger partial charge in [-0.2, -0.15) is 0 Å². The normalized spacial score (nSPS) is 10.3. The van der Waals surface area contributed by atoms with E-state index in [1.165, 1.54) is 25.7 Å². The van der Waals surface area contributed by atoms with E-state index < -0.39 is 0 Å². The molecule has 0 saturated heterocycles. The minimum Gasteiger partial charge on any atom is -0.0761 e. The number of allylic oxidation sites excluding steroid dienone is 4. The van der Waals surface area contributed by atoms with Gasteiger partial charge in [-0.25, -0.2) is 0 Å². The number of hydrogen-bond acceptors (Lipinski definition) is 0. The fraction of sp³-hybridized carbons (Fsp3) is 0.364. The maximum absolute atomic E-state index is 3.14. The molecule has 0 heterocycles. The molecular formula is C22H26. The van der Waals surface area contributed by atoms with E-state index in [9.17, 15) is 0 Å². The van der Waals surface area contributed by atoms with Gasteiger partial charge in [0, 0.05) is 11.1 Å². The zero-order chi connectivity index (χ0) is 15.9. The van der Waals surface area contributed by atoms with Gasteiger partial charge in [-0.1, -0.05) is 75.4 Å². The standard InChI is InChI=1S/C22H26/c1-3-5-7-9-11-13-15-21-17-19-22(20-18-21)16-14-12-10-8-6-4-2/h9-12,17-20H,3-8H2,1-2H3/b11-9+,12-10+. The maximum atomic E-state index is 3.14. The fourth-order valence-electron chi connectivity index (χ4n) is 1.82. The summed E-state index contributed by atoms with van der Waals surface area (Å²) >= 11 is 0. The van der Waals surface area contributed by atoms with Crippen LogP contribution in [-0.2, 0) is 0 Å². The molecule has 0 atom stereocenters. The third-order valence-electron chi connectivity index (χ3n) is 3.17. The van der Waals surface area contributed by atoms with E-state index in [2.05, 4.69) is 49.7 Å². The highest BCUT2D eigenvalue weighted by Crippen LogP contribution is 2.02. The largest absolute Gasteiger partial charge is 0.0761 e. The van der Waals surface area contributed by atoms with Crippen molar-refractivity contribution >= 4 is 0 Å². The predicted molar refractivity (Wildman–Crippen MR) is 97.5 cm³/mol. The lowest BCUT2D eigenvalue weighted by Gasteiger charge is -1.91. The summed E-state index contributed by atoms with van der Waals surface area (Å²) in [5, 5.41) is 0. The average molecular weight is 290 g/mol. The van der Waals surface area contributed by atoms with Crippen LogP contribution in [-0.4, -0.2) is 0 Å². The van der Waals surface area contributed by atoms with E-state index in [0.29, 0.717) is 0 Å². The third kappa shape index (κ3) is 8.89. The molecule has 0 aromatic heterocycles. The zero-order valence-corrected chi connectivity index (χ0v) is 13.9. The van der Waals surface area contributed by atoms with Crippen LogP contribution in [0.25, 0.3) is 0 Å². The van der Waals surface area contributed by atoms with E-state index in [-0.39, 0.29) is 0 Å². The third-order valence-corrected chi connectivity index (χ3v) is 3.17. The molecule has 0 radical (unpaired) electrons. The quantitative estimate of drug-likeness (QED) is 0.453. The fourth-order valence-corrected chi connectivity index (χ4v) is 1.82. The minimum absolute atomic E-state index is 1.03. The molecule has 0 aliphatic carbocycles. The molecule has 0 N–H and O–H groups in total. The van der Waals surface area contributed by atoms with E-state index >= 15 is 0 Å². The molecule has 1 rings (SSSR count). The molecule has 0 nitrogen and oxygen atoms in total. The van der Waals surface area contributed by atoms with Crippen molar-refractivity contribution in [2.45, 2.75) is 52.4 Å². The number of hydrogen-bond donors (Lipinski definition) is 0. The lowest BCUT2D eigenvalue weighted by atomic mass is 10.1. The Morgan fingerprint density at radius 2 is 1.14 bits per heavy atom. The number of rotatable bonds is 6. The van der Waals surface area contributed by atoms with Crippen LogP contribution in [0.1, 0.15) is 63.5 Å². The molecule has 0 aliphatic rings. The molecule has 0 amide bonds. The topological polar surface area (TPSA) is 0 Å².